The molecule has 1 aromatic carbocycles. The van der Waals surface area contributed by atoms with E-state index in [9.17, 15) is 14.4 Å². The lowest BCUT2D eigenvalue weighted by Gasteiger charge is -2.26. The molecule has 4 aromatic rings. The minimum atomic E-state index is -0.636. The first kappa shape index (κ1) is 33.4. The molecule has 5 heterocycles. The molecule has 0 saturated carbocycles. The van der Waals surface area contributed by atoms with E-state index >= 15 is 0 Å². The molecule has 16 nitrogen and oxygen atoms in total. The van der Waals surface area contributed by atoms with Gasteiger partial charge in [-0.3, -0.25) is 33.8 Å². The number of ether oxygens (including phenoxy) is 2. The number of morpholine rings is 1. The zero-order valence-corrected chi connectivity index (χ0v) is 27.5. The second kappa shape index (κ2) is 14.3. The van der Waals surface area contributed by atoms with Gasteiger partial charge in [0.2, 0.25) is 17.8 Å². The summed E-state index contributed by atoms with van der Waals surface area (Å²) >= 11 is 0. The van der Waals surface area contributed by atoms with Crippen molar-refractivity contribution >= 4 is 46.2 Å². The first-order valence-electron chi connectivity index (χ1n) is 16.2. The van der Waals surface area contributed by atoms with Crippen molar-refractivity contribution in [3.05, 3.63) is 65.1 Å². The number of amides is 3. The number of likely N-dealkylation sites (tertiary alicyclic amines) is 1. The molecule has 2 saturated heterocycles. The van der Waals surface area contributed by atoms with Crippen LogP contribution in [-0.4, -0.2) is 91.9 Å². The van der Waals surface area contributed by atoms with Crippen LogP contribution >= 0.6 is 0 Å². The predicted octanol–water partition coefficient (Wildman–Crippen LogP) is 1.90. The summed E-state index contributed by atoms with van der Waals surface area (Å²) in [6, 6.07) is 6.83. The number of fused-ring (bicyclic) bond motifs is 3. The standard InChI is InChI=1S/C33H41N11O5/c1-3-44-26(11-19(2)41-44)32(47)40-33-39-25-13-21(30(36)46)16-38-31(25)43(33)9-5-4-7-37-28-24(34)12-20(29(35)45)14-27(28)48-10-6-8-42-17-23-15-22(42)18-49-23/h4-5,11-14,16,22-23,37H,3,6-10,15,17-18,34H2,1-2H3,(H2,35,45)(H2,36,46)(H,39,40,47)/b5-4+/t22-,23-/m1/s1. The Hall–Kier alpha value is -5.48. The number of nitrogens with zero attached hydrogens (tertiary/aromatic N) is 6. The lowest BCUT2D eigenvalue weighted by Crippen LogP contribution is -2.37. The number of benzene rings is 1. The van der Waals surface area contributed by atoms with Gasteiger partial charge in [-0.2, -0.15) is 5.10 Å². The topological polar surface area (TPSA) is 224 Å². The van der Waals surface area contributed by atoms with Crippen LogP contribution in [0.4, 0.5) is 17.3 Å². The van der Waals surface area contributed by atoms with Gasteiger partial charge in [0.1, 0.15) is 22.6 Å². The fraction of sp³-hybridized carbons (Fsp3) is 0.394. The summed E-state index contributed by atoms with van der Waals surface area (Å²) in [4.78, 5) is 48.4. The summed E-state index contributed by atoms with van der Waals surface area (Å²) in [6.07, 6.45) is 7.35. The van der Waals surface area contributed by atoms with Gasteiger partial charge in [0, 0.05) is 50.5 Å². The van der Waals surface area contributed by atoms with Gasteiger partial charge >= 0.3 is 0 Å². The summed E-state index contributed by atoms with van der Waals surface area (Å²) in [7, 11) is 0. The van der Waals surface area contributed by atoms with Crippen LogP contribution < -0.4 is 32.6 Å². The number of hydrogen-bond acceptors (Lipinski definition) is 11. The summed E-state index contributed by atoms with van der Waals surface area (Å²) in [5, 5.41) is 10.5. The summed E-state index contributed by atoms with van der Waals surface area (Å²) in [6.45, 7) is 7.94. The van der Waals surface area contributed by atoms with Crippen LogP contribution in [0.15, 0.2) is 42.6 Å². The normalized spacial score (nSPS) is 17.3. The van der Waals surface area contributed by atoms with E-state index in [1.165, 1.54) is 18.3 Å². The number of pyridine rings is 1. The molecule has 0 spiro atoms. The van der Waals surface area contributed by atoms with Crippen molar-refractivity contribution in [1.82, 2.24) is 29.2 Å². The Balaban J connectivity index is 1.14. The molecule has 0 aliphatic carbocycles. The first-order chi connectivity index (χ1) is 23.6. The number of rotatable bonds is 15. The Bertz CT molecular complexity index is 1920. The Labute approximate surface area is 282 Å². The molecule has 0 unspecified atom stereocenters. The third kappa shape index (κ3) is 7.34. The molecular weight excluding hydrogens is 630 g/mol. The van der Waals surface area contributed by atoms with Gasteiger partial charge in [0.15, 0.2) is 5.65 Å². The third-order valence-corrected chi connectivity index (χ3v) is 8.66. The van der Waals surface area contributed by atoms with E-state index in [1.54, 1.807) is 21.4 Å². The van der Waals surface area contributed by atoms with E-state index in [0.29, 0.717) is 71.5 Å². The molecule has 3 amide bonds. The van der Waals surface area contributed by atoms with Gasteiger partial charge in [0.25, 0.3) is 5.91 Å². The fourth-order valence-electron chi connectivity index (χ4n) is 6.26. The molecule has 2 fully saturated rings. The van der Waals surface area contributed by atoms with E-state index in [0.717, 1.165) is 32.5 Å². The van der Waals surface area contributed by atoms with E-state index < -0.39 is 11.8 Å². The number of aromatic nitrogens is 5. The van der Waals surface area contributed by atoms with Crippen molar-refractivity contribution in [2.24, 2.45) is 11.5 Å². The maximum atomic E-state index is 13.3. The molecule has 2 bridgehead atoms. The third-order valence-electron chi connectivity index (χ3n) is 8.66. The highest BCUT2D eigenvalue weighted by Gasteiger charge is 2.38. The Morgan fingerprint density at radius 1 is 1.12 bits per heavy atom. The van der Waals surface area contributed by atoms with Crippen molar-refractivity contribution in [2.75, 3.05) is 49.2 Å². The van der Waals surface area contributed by atoms with E-state index in [4.69, 9.17) is 26.7 Å². The Kier molecular flexibility index (Phi) is 9.77. The van der Waals surface area contributed by atoms with Gasteiger partial charge < -0.3 is 32.0 Å². The highest BCUT2D eigenvalue weighted by atomic mass is 16.5. The van der Waals surface area contributed by atoms with Gasteiger partial charge in [0.05, 0.1) is 36.3 Å². The van der Waals surface area contributed by atoms with Crippen molar-refractivity contribution in [1.29, 1.82) is 0 Å². The van der Waals surface area contributed by atoms with Gasteiger partial charge in [-0.05, 0) is 51.0 Å². The van der Waals surface area contributed by atoms with Crippen LogP contribution in [0.5, 0.6) is 5.75 Å². The first-order valence-corrected chi connectivity index (χ1v) is 16.2. The Morgan fingerprint density at radius 2 is 1.94 bits per heavy atom. The minimum absolute atomic E-state index is 0.199. The number of carbonyl (C=O) groups excluding carboxylic acids is 3. The van der Waals surface area contributed by atoms with E-state index in [-0.39, 0.29) is 29.5 Å². The molecule has 2 aliphatic heterocycles. The average molecular weight is 672 g/mol. The van der Waals surface area contributed by atoms with Crippen molar-refractivity contribution < 1.29 is 23.9 Å². The maximum absolute atomic E-state index is 13.3. The van der Waals surface area contributed by atoms with Crippen molar-refractivity contribution in [2.45, 2.75) is 51.9 Å². The number of primary amides is 2. The summed E-state index contributed by atoms with van der Waals surface area (Å²) in [5.74, 6) is -0.941. The zero-order chi connectivity index (χ0) is 34.7. The van der Waals surface area contributed by atoms with Crippen molar-refractivity contribution in [3.63, 3.8) is 0 Å². The summed E-state index contributed by atoms with van der Waals surface area (Å²) in [5.41, 5.74) is 20.6. The second-order valence-corrected chi connectivity index (χ2v) is 12.1. The largest absolute Gasteiger partial charge is 0.491 e. The molecule has 3 aromatic heterocycles. The smallest absolute Gasteiger partial charge is 0.276 e. The highest BCUT2D eigenvalue weighted by molar-refractivity contribution is 6.03. The molecule has 2 aliphatic rings. The number of nitrogen functional groups attached to an aromatic ring is 1. The van der Waals surface area contributed by atoms with E-state index in [2.05, 4.69) is 30.6 Å². The molecule has 16 heteroatoms. The van der Waals surface area contributed by atoms with Gasteiger partial charge in [-0.1, -0.05) is 12.2 Å². The van der Waals surface area contributed by atoms with Crippen LogP contribution in [0, 0.1) is 6.92 Å². The molecule has 49 heavy (non-hydrogen) atoms. The van der Waals surface area contributed by atoms with Crippen LogP contribution in [0.1, 0.15) is 56.7 Å². The van der Waals surface area contributed by atoms with E-state index in [1.807, 2.05) is 26.0 Å². The number of aryl methyl sites for hydroxylation is 2. The second-order valence-electron chi connectivity index (χ2n) is 12.1. The highest BCUT2D eigenvalue weighted by Crippen LogP contribution is 2.33. The molecule has 8 N–H and O–H groups in total. The molecule has 258 valence electrons. The predicted molar refractivity (Wildman–Crippen MR) is 183 cm³/mol. The van der Waals surface area contributed by atoms with Crippen LogP contribution in [0.3, 0.4) is 0 Å². The number of hydrogen-bond donors (Lipinski definition) is 5. The monoisotopic (exact) mass is 671 g/mol. The number of nitrogens with one attached hydrogen (secondary N) is 2. The number of carbonyl (C=O) groups is 3. The molecule has 0 radical (unpaired) electrons. The SMILES string of the molecule is CCn1nc(C)cc1C(=O)Nc1nc2cc(C(N)=O)cnc2n1C/C=C/CNc1c(N)cc(C(N)=O)cc1OCCCN1C[C@H]2C[C@@H]1CO2. The average Bonchev–Trinajstić information content (AvgIpc) is 3.86. The number of allylic oxidation sites excluding steroid dienone is 1. The fourth-order valence-corrected chi connectivity index (χ4v) is 6.26. The molecular formula is C33H41N11O5. The minimum Gasteiger partial charge on any atom is -0.491 e. The summed E-state index contributed by atoms with van der Waals surface area (Å²) < 4.78 is 15.1. The number of nitrogens with two attached hydrogens (primary N) is 3. The van der Waals surface area contributed by atoms with Crippen LogP contribution in [0.25, 0.3) is 11.2 Å². The van der Waals surface area contributed by atoms with Crippen LogP contribution in [0.2, 0.25) is 0 Å². The molecule has 2 atom stereocenters. The number of imidazole rings is 1. The molecule has 6 rings (SSSR count). The lowest BCUT2D eigenvalue weighted by molar-refractivity contribution is 0.0289. The maximum Gasteiger partial charge on any atom is 0.276 e. The number of anilines is 3. The quantitative estimate of drug-likeness (QED) is 0.0697. The zero-order valence-electron chi connectivity index (χ0n) is 27.5. The van der Waals surface area contributed by atoms with Gasteiger partial charge in [-0.25, -0.2) is 9.97 Å². The Morgan fingerprint density at radius 3 is 2.65 bits per heavy atom. The lowest BCUT2D eigenvalue weighted by atomic mass is 10.1. The van der Waals surface area contributed by atoms with Crippen molar-refractivity contribution in [3.8, 4) is 5.75 Å². The van der Waals surface area contributed by atoms with Crippen LogP contribution in [-0.2, 0) is 17.8 Å². The van der Waals surface area contributed by atoms with Gasteiger partial charge in [-0.15, -0.1) is 0 Å².